The van der Waals surface area contributed by atoms with E-state index in [9.17, 15) is 0 Å². The van der Waals surface area contributed by atoms with E-state index in [0.717, 1.165) is 41.4 Å². The van der Waals surface area contributed by atoms with Crippen molar-refractivity contribution in [2.75, 3.05) is 0 Å². The van der Waals surface area contributed by atoms with Crippen molar-refractivity contribution in [3.63, 3.8) is 0 Å². The largest absolute Gasteiger partial charge is 0.0979 e. The predicted molar refractivity (Wildman–Crippen MR) is 116 cm³/mol. The molecule has 0 aromatic heterocycles. The van der Waals surface area contributed by atoms with Crippen molar-refractivity contribution in [3.8, 4) is 23.7 Å². The van der Waals surface area contributed by atoms with Crippen LogP contribution >= 0.6 is 0 Å². The summed E-state index contributed by atoms with van der Waals surface area (Å²) in [5.74, 6) is 14.6. The van der Waals surface area contributed by atoms with Gasteiger partial charge >= 0.3 is 0 Å². The summed E-state index contributed by atoms with van der Waals surface area (Å²) >= 11 is 0. The first-order valence-electron chi connectivity index (χ1n) is 10.5. The van der Waals surface area contributed by atoms with E-state index < -0.39 is 0 Å². The fraction of sp³-hybridized carbons (Fsp3) is 0.407. The molecule has 2 aromatic carbocycles. The topological polar surface area (TPSA) is 0 Å². The van der Waals surface area contributed by atoms with Crippen LogP contribution in [0.4, 0.5) is 0 Å². The minimum atomic E-state index is 0.746. The van der Waals surface area contributed by atoms with Crippen LogP contribution in [0.1, 0.15) is 87.0 Å². The lowest BCUT2D eigenvalue weighted by molar-refractivity contribution is 0.319. The molecule has 27 heavy (non-hydrogen) atoms. The normalized spacial score (nSPS) is 18.7. The minimum Gasteiger partial charge on any atom is -0.0979 e. The van der Waals surface area contributed by atoms with E-state index in [4.69, 9.17) is 0 Å². The van der Waals surface area contributed by atoms with E-state index in [-0.39, 0.29) is 0 Å². The molecule has 0 aliphatic heterocycles. The maximum atomic E-state index is 3.29. The Bertz CT molecular complexity index is 823. The second-order valence-corrected chi connectivity index (χ2v) is 7.63. The highest BCUT2D eigenvalue weighted by molar-refractivity contribution is 5.46. The number of hydrogen-bond acceptors (Lipinski definition) is 0. The molecule has 1 saturated carbocycles. The second-order valence-electron chi connectivity index (χ2n) is 7.63. The SMILES string of the molecule is CCCC#Cc1ccc(C#Cc2ccc(C3CCC(CC)CC3)cc2)cc1. The molecule has 0 heteroatoms. The molecule has 1 aliphatic rings. The smallest absolute Gasteiger partial charge is 0.0249 e. The molecule has 0 nitrogen and oxygen atoms in total. The number of rotatable bonds is 3. The Morgan fingerprint density at radius 3 is 1.74 bits per heavy atom. The second kappa shape index (κ2) is 10.0. The van der Waals surface area contributed by atoms with Gasteiger partial charge in [0, 0.05) is 23.1 Å². The molecule has 1 fully saturated rings. The molecule has 138 valence electrons. The zero-order valence-electron chi connectivity index (χ0n) is 16.7. The zero-order valence-corrected chi connectivity index (χ0v) is 16.7. The first-order chi connectivity index (χ1) is 13.3. The fourth-order valence-electron chi connectivity index (χ4n) is 3.81. The molecule has 0 bridgehead atoms. The third-order valence-electron chi connectivity index (χ3n) is 5.65. The van der Waals surface area contributed by atoms with Crippen LogP contribution in [-0.4, -0.2) is 0 Å². The van der Waals surface area contributed by atoms with Gasteiger partial charge in [0.2, 0.25) is 0 Å². The molecule has 0 saturated heterocycles. The summed E-state index contributed by atoms with van der Waals surface area (Å²) in [5, 5.41) is 0. The predicted octanol–water partition coefficient (Wildman–Crippen LogP) is 6.92. The minimum absolute atomic E-state index is 0.746. The Balaban J connectivity index is 1.60. The highest BCUT2D eigenvalue weighted by atomic mass is 14.3. The van der Waals surface area contributed by atoms with Crippen molar-refractivity contribution in [2.45, 2.75) is 64.7 Å². The fourth-order valence-corrected chi connectivity index (χ4v) is 3.81. The van der Waals surface area contributed by atoms with E-state index in [1.807, 2.05) is 0 Å². The third kappa shape index (κ3) is 5.77. The molecule has 0 amide bonds. The van der Waals surface area contributed by atoms with Crippen molar-refractivity contribution in [3.05, 3.63) is 70.8 Å². The Morgan fingerprint density at radius 1 is 0.704 bits per heavy atom. The van der Waals surface area contributed by atoms with Crippen molar-refractivity contribution in [2.24, 2.45) is 5.92 Å². The average Bonchev–Trinajstić information content (AvgIpc) is 2.74. The Kier molecular flexibility index (Phi) is 7.19. The molecule has 3 rings (SSSR count). The van der Waals surface area contributed by atoms with Crippen LogP contribution in [0.5, 0.6) is 0 Å². The Morgan fingerprint density at radius 2 is 1.22 bits per heavy atom. The molecule has 0 atom stereocenters. The number of unbranched alkanes of at least 4 members (excludes halogenated alkanes) is 1. The van der Waals surface area contributed by atoms with Gasteiger partial charge in [0.1, 0.15) is 0 Å². The number of hydrogen-bond donors (Lipinski definition) is 0. The lowest BCUT2D eigenvalue weighted by Gasteiger charge is -2.28. The summed E-state index contributed by atoms with van der Waals surface area (Å²) in [6.07, 6.45) is 8.87. The third-order valence-corrected chi connectivity index (χ3v) is 5.65. The van der Waals surface area contributed by atoms with Gasteiger partial charge in [-0.05, 0) is 85.9 Å². The Hall–Kier alpha value is -2.44. The molecule has 0 radical (unpaired) electrons. The van der Waals surface area contributed by atoms with Crippen LogP contribution in [0.15, 0.2) is 48.5 Å². The lowest BCUT2D eigenvalue weighted by Crippen LogP contribution is -2.12. The van der Waals surface area contributed by atoms with Crippen molar-refractivity contribution in [1.82, 2.24) is 0 Å². The van der Waals surface area contributed by atoms with E-state index in [2.05, 4.69) is 86.1 Å². The maximum Gasteiger partial charge on any atom is 0.0249 e. The summed E-state index contributed by atoms with van der Waals surface area (Å²) in [4.78, 5) is 0. The average molecular weight is 355 g/mol. The molecular formula is C27H30. The van der Waals surface area contributed by atoms with E-state index in [0.29, 0.717) is 0 Å². The molecule has 0 N–H and O–H groups in total. The van der Waals surface area contributed by atoms with Gasteiger partial charge in [0.15, 0.2) is 0 Å². The van der Waals surface area contributed by atoms with Gasteiger partial charge in [-0.25, -0.2) is 0 Å². The van der Waals surface area contributed by atoms with Gasteiger partial charge in [0.05, 0.1) is 0 Å². The van der Waals surface area contributed by atoms with Gasteiger partial charge in [-0.1, -0.05) is 56.1 Å². The van der Waals surface area contributed by atoms with Crippen LogP contribution in [0.2, 0.25) is 0 Å². The van der Waals surface area contributed by atoms with Gasteiger partial charge in [-0.15, -0.1) is 0 Å². The van der Waals surface area contributed by atoms with E-state index in [1.165, 1.54) is 37.7 Å². The summed E-state index contributed by atoms with van der Waals surface area (Å²) in [6, 6.07) is 17.2. The highest BCUT2D eigenvalue weighted by Gasteiger charge is 2.20. The Labute approximate surface area is 165 Å². The summed E-state index contributed by atoms with van der Waals surface area (Å²) in [7, 11) is 0. The molecule has 0 unspecified atom stereocenters. The highest BCUT2D eigenvalue weighted by Crippen LogP contribution is 2.36. The molecule has 1 aliphatic carbocycles. The van der Waals surface area contributed by atoms with Gasteiger partial charge in [-0.2, -0.15) is 0 Å². The van der Waals surface area contributed by atoms with Gasteiger partial charge < -0.3 is 0 Å². The first kappa shape index (κ1) is 19.3. The summed E-state index contributed by atoms with van der Waals surface area (Å²) in [5.41, 5.74) is 4.69. The molecular weight excluding hydrogens is 324 g/mol. The van der Waals surface area contributed by atoms with Crippen LogP contribution in [-0.2, 0) is 0 Å². The molecule has 0 heterocycles. The maximum absolute atomic E-state index is 3.29. The van der Waals surface area contributed by atoms with E-state index >= 15 is 0 Å². The number of benzene rings is 2. The van der Waals surface area contributed by atoms with Crippen LogP contribution in [0, 0.1) is 29.6 Å². The van der Waals surface area contributed by atoms with Crippen LogP contribution in [0.25, 0.3) is 0 Å². The molecule has 2 aromatic rings. The summed E-state index contributed by atoms with van der Waals surface area (Å²) in [6.45, 7) is 4.47. The van der Waals surface area contributed by atoms with Crippen molar-refractivity contribution >= 4 is 0 Å². The van der Waals surface area contributed by atoms with Crippen LogP contribution < -0.4 is 0 Å². The monoisotopic (exact) mass is 354 g/mol. The van der Waals surface area contributed by atoms with E-state index in [1.54, 1.807) is 0 Å². The van der Waals surface area contributed by atoms with Crippen molar-refractivity contribution < 1.29 is 0 Å². The summed E-state index contributed by atoms with van der Waals surface area (Å²) < 4.78 is 0. The standard InChI is InChI=1S/C27H30/c1-3-5-6-7-23-8-10-24(11-9-23)12-13-25-16-20-27(21-17-25)26-18-14-22(4-2)15-19-26/h8-11,16-17,20-22,26H,3-5,14-15,18-19H2,1-2H3. The van der Waals surface area contributed by atoms with Crippen molar-refractivity contribution in [1.29, 1.82) is 0 Å². The zero-order chi connectivity index (χ0) is 18.9. The molecule has 0 spiro atoms. The van der Waals surface area contributed by atoms with Gasteiger partial charge in [-0.3, -0.25) is 0 Å². The van der Waals surface area contributed by atoms with Gasteiger partial charge in [0.25, 0.3) is 0 Å². The quantitative estimate of drug-likeness (QED) is 0.525. The van der Waals surface area contributed by atoms with Crippen LogP contribution in [0.3, 0.4) is 0 Å². The lowest BCUT2D eigenvalue weighted by atomic mass is 9.78. The first-order valence-corrected chi connectivity index (χ1v) is 10.5.